The predicted molar refractivity (Wildman–Crippen MR) is 48.7 cm³/mol. The number of allylic oxidation sites excluding steroid dienone is 3. The predicted octanol–water partition coefficient (Wildman–Crippen LogP) is 2.55. The summed E-state index contributed by atoms with van der Waals surface area (Å²) in [4.78, 5) is 0. The van der Waals surface area contributed by atoms with Crippen LogP contribution in [0.2, 0.25) is 0 Å². The second-order valence-electron chi connectivity index (χ2n) is 3.10. The van der Waals surface area contributed by atoms with Crippen molar-refractivity contribution in [2.45, 2.75) is 27.2 Å². The maximum atomic E-state index is 2.28. The van der Waals surface area contributed by atoms with Crippen LogP contribution in [0.15, 0.2) is 24.0 Å². The number of hydrogen-bond donors (Lipinski definition) is 0. The lowest BCUT2D eigenvalue weighted by atomic mass is 10.1. The molecule has 60 valence electrons. The van der Waals surface area contributed by atoms with Gasteiger partial charge in [0.2, 0.25) is 0 Å². The first-order valence-electron chi connectivity index (χ1n) is 4.17. The minimum Gasteiger partial charge on any atom is -0.176 e. The zero-order chi connectivity index (χ0) is 8.27. The van der Waals surface area contributed by atoms with Gasteiger partial charge in [-0.15, -0.1) is 0 Å². The second-order valence-corrected chi connectivity index (χ2v) is 3.10. The molecule has 1 nitrogen and oxygen atoms in total. The van der Waals surface area contributed by atoms with Crippen molar-refractivity contribution >= 4 is 6.21 Å². The van der Waals surface area contributed by atoms with Crippen LogP contribution in [0, 0.1) is 5.92 Å². The normalized spacial score (nSPS) is 25.2. The molecule has 0 saturated carbocycles. The molecule has 0 aromatic heterocycles. The largest absolute Gasteiger partial charge is 0.179 e. The molecule has 0 aliphatic carbocycles. The highest BCUT2D eigenvalue weighted by molar-refractivity contribution is 5.56. The highest BCUT2D eigenvalue weighted by Gasteiger charge is 2.13. The van der Waals surface area contributed by atoms with Crippen LogP contribution < -0.4 is 0 Å². The van der Waals surface area contributed by atoms with E-state index in [1.54, 1.807) is 0 Å². The van der Waals surface area contributed by atoms with Crippen LogP contribution >= 0.6 is 0 Å². The highest BCUT2D eigenvalue weighted by Crippen LogP contribution is 2.11. The van der Waals surface area contributed by atoms with Crippen LogP contribution in [0.25, 0.3) is 0 Å². The Morgan fingerprint density at radius 2 is 2.36 bits per heavy atom. The SMILES string of the molecule is CC=C[N+]1=CC(C)CC=C1C. The molecular formula is C10H16N+. The van der Waals surface area contributed by atoms with E-state index in [0.717, 1.165) is 0 Å². The molecule has 1 unspecified atom stereocenters. The number of rotatable bonds is 1. The van der Waals surface area contributed by atoms with Crippen molar-refractivity contribution in [2.75, 3.05) is 0 Å². The molecule has 0 N–H and O–H groups in total. The van der Waals surface area contributed by atoms with Crippen molar-refractivity contribution in [3.05, 3.63) is 24.0 Å². The van der Waals surface area contributed by atoms with Gasteiger partial charge in [-0.2, -0.15) is 4.58 Å². The zero-order valence-electron chi connectivity index (χ0n) is 7.54. The minimum atomic E-state index is 0.676. The Morgan fingerprint density at radius 1 is 1.64 bits per heavy atom. The Hall–Kier alpha value is -0.850. The van der Waals surface area contributed by atoms with Crippen LogP contribution in [-0.2, 0) is 0 Å². The van der Waals surface area contributed by atoms with Crippen LogP contribution in [-0.4, -0.2) is 10.8 Å². The van der Waals surface area contributed by atoms with E-state index in [1.165, 1.54) is 12.1 Å². The Labute approximate surface area is 68.7 Å². The molecule has 1 rings (SSSR count). The summed E-state index contributed by atoms with van der Waals surface area (Å²) in [6.45, 7) is 6.42. The lowest BCUT2D eigenvalue weighted by Crippen LogP contribution is -2.13. The number of hydrogen-bond acceptors (Lipinski definition) is 0. The average Bonchev–Trinajstić information content (AvgIpc) is 1.98. The topological polar surface area (TPSA) is 3.01 Å². The van der Waals surface area contributed by atoms with Crippen LogP contribution in [0.4, 0.5) is 0 Å². The molecular weight excluding hydrogens is 134 g/mol. The van der Waals surface area contributed by atoms with E-state index in [4.69, 9.17) is 0 Å². The minimum absolute atomic E-state index is 0.676. The smallest absolute Gasteiger partial charge is 0.176 e. The van der Waals surface area contributed by atoms with Crippen molar-refractivity contribution in [3.8, 4) is 0 Å². The molecule has 1 aliphatic heterocycles. The molecule has 0 saturated heterocycles. The number of nitrogens with zero attached hydrogens (tertiary/aromatic N) is 1. The van der Waals surface area contributed by atoms with Gasteiger partial charge in [-0.3, -0.25) is 0 Å². The zero-order valence-corrected chi connectivity index (χ0v) is 7.54. The van der Waals surface area contributed by atoms with E-state index in [-0.39, 0.29) is 0 Å². The van der Waals surface area contributed by atoms with Gasteiger partial charge in [0.25, 0.3) is 0 Å². The van der Waals surface area contributed by atoms with Crippen molar-refractivity contribution in [1.29, 1.82) is 0 Å². The maximum Gasteiger partial charge on any atom is 0.179 e. The average molecular weight is 150 g/mol. The quantitative estimate of drug-likeness (QED) is 0.505. The first-order chi connectivity index (χ1) is 5.24. The molecule has 0 spiro atoms. The van der Waals surface area contributed by atoms with E-state index in [0.29, 0.717) is 5.92 Å². The van der Waals surface area contributed by atoms with E-state index in [2.05, 4.69) is 43.0 Å². The lowest BCUT2D eigenvalue weighted by molar-refractivity contribution is -0.400. The summed E-state index contributed by atoms with van der Waals surface area (Å²) in [6, 6.07) is 0. The first kappa shape index (κ1) is 8.25. The van der Waals surface area contributed by atoms with Gasteiger partial charge in [0.05, 0.1) is 0 Å². The highest BCUT2D eigenvalue weighted by atomic mass is 15.0. The molecule has 0 aromatic rings. The fourth-order valence-corrected chi connectivity index (χ4v) is 1.24. The van der Waals surface area contributed by atoms with E-state index in [1.807, 2.05) is 6.92 Å². The van der Waals surface area contributed by atoms with Gasteiger partial charge in [-0.25, -0.2) is 0 Å². The summed E-state index contributed by atoms with van der Waals surface area (Å²) < 4.78 is 2.19. The molecule has 0 bridgehead atoms. The van der Waals surface area contributed by atoms with Gasteiger partial charge in [-0.1, -0.05) is 6.92 Å². The van der Waals surface area contributed by atoms with Crippen LogP contribution in [0.1, 0.15) is 27.2 Å². The van der Waals surface area contributed by atoms with Gasteiger partial charge in [0.15, 0.2) is 18.1 Å². The second kappa shape index (κ2) is 3.51. The summed E-state index contributed by atoms with van der Waals surface area (Å²) >= 11 is 0. The van der Waals surface area contributed by atoms with Crippen LogP contribution in [0.3, 0.4) is 0 Å². The maximum absolute atomic E-state index is 2.28. The molecule has 0 aromatic carbocycles. The summed E-state index contributed by atoms with van der Waals surface area (Å²) in [7, 11) is 0. The third-order valence-electron chi connectivity index (χ3n) is 1.92. The molecule has 1 atom stereocenters. The Balaban J connectivity index is 2.81. The van der Waals surface area contributed by atoms with E-state index >= 15 is 0 Å². The first-order valence-corrected chi connectivity index (χ1v) is 4.17. The van der Waals surface area contributed by atoms with Gasteiger partial charge >= 0.3 is 0 Å². The van der Waals surface area contributed by atoms with Gasteiger partial charge in [0.1, 0.15) is 0 Å². The van der Waals surface area contributed by atoms with Crippen molar-refractivity contribution in [2.24, 2.45) is 5.92 Å². The molecule has 0 amide bonds. The van der Waals surface area contributed by atoms with Crippen LogP contribution in [0.5, 0.6) is 0 Å². The standard InChI is InChI=1S/C10H16N/c1-4-7-11-8-9(2)5-6-10(11)3/h4,6-9H,5H2,1-3H3/q+1. The van der Waals surface area contributed by atoms with E-state index in [9.17, 15) is 0 Å². The Morgan fingerprint density at radius 3 is 3.00 bits per heavy atom. The van der Waals surface area contributed by atoms with Gasteiger partial charge in [-0.05, 0) is 25.5 Å². The van der Waals surface area contributed by atoms with Gasteiger partial charge < -0.3 is 0 Å². The summed E-state index contributed by atoms with van der Waals surface area (Å²) in [5.41, 5.74) is 1.33. The molecule has 1 heteroatoms. The van der Waals surface area contributed by atoms with E-state index < -0.39 is 0 Å². The fraction of sp³-hybridized carbons (Fsp3) is 0.500. The fourth-order valence-electron chi connectivity index (χ4n) is 1.24. The lowest BCUT2D eigenvalue weighted by Gasteiger charge is -2.07. The van der Waals surface area contributed by atoms with Crippen molar-refractivity contribution < 1.29 is 4.58 Å². The van der Waals surface area contributed by atoms with Gasteiger partial charge in [0, 0.05) is 12.8 Å². The third-order valence-corrected chi connectivity index (χ3v) is 1.92. The Bertz CT molecular complexity index is 221. The summed E-state index contributed by atoms with van der Waals surface area (Å²) in [5.74, 6) is 0.676. The molecule has 1 heterocycles. The Kier molecular flexibility index (Phi) is 2.64. The monoisotopic (exact) mass is 150 g/mol. The van der Waals surface area contributed by atoms with Crippen molar-refractivity contribution in [3.63, 3.8) is 0 Å². The molecule has 11 heavy (non-hydrogen) atoms. The van der Waals surface area contributed by atoms with Crippen molar-refractivity contribution in [1.82, 2.24) is 0 Å². The summed E-state index contributed by atoms with van der Waals surface area (Å²) in [6.07, 6.45) is 9.88. The molecule has 1 aliphatic rings. The molecule has 0 radical (unpaired) electrons. The summed E-state index contributed by atoms with van der Waals surface area (Å²) in [5, 5.41) is 0. The third kappa shape index (κ3) is 2.04. The molecule has 0 fully saturated rings.